The number of aromatic nitrogens is 5. The van der Waals surface area contributed by atoms with Crippen LogP contribution in [0.3, 0.4) is 0 Å². The van der Waals surface area contributed by atoms with Crippen LogP contribution in [0, 0.1) is 0 Å². The van der Waals surface area contributed by atoms with E-state index >= 15 is 0 Å². The van der Waals surface area contributed by atoms with E-state index in [9.17, 15) is 4.79 Å². The average molecular weight is 375 g/mol. The monoisotopic (exact) mass is 375 g/mol. The maximum Gasteiger partial charge on any atom is 0.272 e. The van der Waals surface area contributed by atoms with Crippen molar-refractivity contribution in [1.82, 2.24) is 23.9 Å². The summed E-state index contributed by atoms with van der Waals surface area (Å²) in [5.41, 5.74) is 5.44. The first kappa shape index (κ1) is 17.2. The Labute approximate surface area is 163 Å². The second-order valence-electron chi connectivity index (χ2n) is 7.66. The van der Waals surface area contributed by atoms with Gasteiger partial charge in [0.1, 0.15) is 11.0 Å². The first-order chi connectivity index (χ1) is 13.7. The Morgan fingerprint density at radius 1 is 1.07 bits per heavy atom. The van der Waals surface area contributed by atoms with Crippen molar-refractivity contribution >= 4 is 16.7 Å². The highest BCUT2D eigenvalue weighted by molar-refractivity contribution is 5.78. The van der Waals surface area contributed by atoms with E-state index in [-0.39, 0.29) is 5.56 Å². The van der Waals surface area contributed by atoms with Crippen LogP contribution in [0.4, 0.5) is 0 Å². The lowest BCUT2D eigenvalue weighted by atomic mass is 10.0. The van der Waals surface area contributed by atoms with Crippen LogP contribution in [0.25, 0.3) is 22.6 Å². The molecule has 1 N–H and O–H groups in total. The SMILES string of the molecule is CCc1cccn1-c1nc(C2CCCC2)c2[nH]c(=O)c3ccc(CC)n3c2n1. The number of hydrogen-bond acceptors (Lipinski definition) is 3. The number of nitrogens with one attached hydrogen (secondary N) is 1. The maximum atomic E-state index is 12.8. The topological polar surface area (TPSA) is 68.0 Å². The van der Waals surface area contributed by atoms with Crippen LogP contribution in [0.15, 0.2) is 35.3 Å². The molecule has 0 bridgehead atoms. The van der Waals surface area contributed by atoms with Crippen molar-refractivity contribution in [3.63, 3.8) is 0 Å². The van der Waals surface area contributed by atoms with Crippen LogP contribution in [-0.4, -0.2) is 23.9 Å². The highest BCUT2D eigenvalue weighted by atomic mass is 16.1. The molecule has 0 amide bonds. The predicted octanol–water partition coefficient (Wildman–Crippen LogP) is 4.14. The molecule has 144 valence electrons. The molecule has 6 nitrogen and oxygen atoms in total. The summed E-state index contributed by atoms with van der Waals surface area (Å²) in [4.78, 5) is 25.8. The highest BCUT2D eigenvalue weighted by Gasteiger charge is 2.25. The van der Waals surface area contributed by atoms with Gasteiger partial charge in [0.25, 0.3) is 5.56 Å². The van der Waals surface area contributed by atoms with E-state index in [1.807, 2.05) is 28.8 Å². The first-order valence-electron chi connectivity index (χ1n) is 10.3. The second kappa shape index (κ2) is 6.62. The Morgan fingerprint density at radius 2 is 1.86 bits per heavy atom. The van der Waals surface area contributed by atoms with Crippen LogP contribution < -0.4 is 5.56 Å². The average Bonchev–Trinajstić information content (AvgIpc) is 3.47. The molecule has 1 fully saturated rings. The molecule has 1 saturated carbocycles. The van der Waals surface area contributed by atoms with Gasteiger partial charge in [-0.1, -0.05) is 26.7 Å². The zero-order valence-corrected chi connectivity index (χ0v) is 16.4. The van der Waals surface area contributed by atoms with Crippen molar-refractivity contribution in [3.05, 3.63) is 57.9 Å². The quantitative estimate of drug-likeness (QED) is 0.583. The third-order valence-electron chi connectivity index (χ3n) is 6.07. The number of aryl methyl sites for hydroxylation is 2. The van der Waals surface area contributed by atoms with Crippen molar-refractivity contribution in [2.45, 2.75) is 58.3 Å². The Kier molecular flexibility index (Phi) is 4.07. The minimum atomic E-state index is -0.0713. The molecule has 0 saturated heterocycles. The Bertz CT molecular complexity index is 1220. The number of H-pyrrole nitrogens is 1. The van der Waals surface area contributed by atoms with Crippen LogP contribution in [0.5, 0.6) is 0 Å². The summed E-state index contributed by atoms with van der Waals surface area (Å²) >= 11 is 0. The number of fused-ring (bicyclic) bond motifs is 3. The molecule has 5 rings (SSSR count). The number of rotatable bonds is 4. The van der Waals surface area contributed by atoms with Gasteiger partial charge in [-0.05, 0) is 49.9 Å². The van der Waals surface area contributed by atoms with Crippen molar-refractivity contribution < 1.29 is 0 Å². The van der Waals surface area contributed by atoms with Gasteiger partial charge in [-0.3, -0.25) is 13.8 Å². The van der Waals surface area contributed by atoms with Crippen molar-refractivity contribution in [2.24, 2.45) is 0 Å². The second-order valence-corrected chi connectivity index (χ2v) is 7.66. The van der Waals surface area contributed by atoms with Crippen molar-refractivity contribution in [1.29, 1.82) is 0 Å². The van der Waals surface area contributed by atoms with Gasteiger partial charge < -0.3 is 4.98 Å². The van der Waals surface area contributed by atoms with Gasteiger partial charge in [0.2, 0.25) is 5.95 Å². The molecule has 0 radical (unpaired) electrons. The summed E-state index contributed by atoms with van der Waals surface area (Å²) in [6.45, 7) is 4.25. The molecule has 4 aromatic heterocycles. The minimum Gasteiger partial charge on any atom is -0.316 e. The lowest BCUT2D eigenvalue weighted by Gasteiger charge is -2.16. The third-order valence-corrected chi connectivity index (χ3v) is 6.07. The zero-order chi connectivity index (χ0) is 19.3. The summed E-state index contributed by atoms with van der Waals surface area (Å²) in [5.74, 6) is 1.07. The van der Waals surface area contributed by atoms with E-state index in [1.54, 1.807) is 0 Å². The van der Waals surface area contributed by atoms with Gasteiger partial charge in [0, 0.05) is 23.5 Å². The lowest BCUT2D eigenvalue weighted by Crippen LogP contribution is -2.17. The molecule has 4 heterocycles. The standard InChI is InChI=1S/C22H25N5O/c1-3-15-10-7-13-26(15)22-24-18(14-8-5-6-9-14)19-20(25-22)27-16(4-2)11-12-17(27)21(28)23-19/h7,10-14H,3-6,8-9H2,1-2H3,(H,23,28). The molecule has 4 aromatic rings. The van der Waals surface area contributed by atoms with Gasteiger partial charge in [-0.15, -0.1) is 0 Å². The van der Waals surface area contributed by atoms with Gasteiger partial charge >= 0.3 is 0 Å². The van der Waals surface area contributed by atoms with E-state index < -0.39 is 0 Å². The Balaban J connectivity index is 1.90. The fraction of sp³-hybridized carbons (Fsp3) is 0.409. The summed E-state index contributed by atoms with van der Waals surface area (Å²) in [7, 11) is 0. The lowest BCUT2D eigenvalue weighted by molar-refractivity contribution is 0.691. The fourth-order valence-corrected chi connectivity index (χ4v) is 4.60. The van der Waals surface area contributed by atoms with E-state index in [0.717, 1.165) is 48.2 Å². The maximum absolute atomic E-state index is 12.8. The normalized spacial score (nSPS) is 15.2. The van der Waals surface area contributed by atoms with Crippen LogP contribution in [0.2, 0.25) is 0 Å². The smallest absolute Gasteiger partial charge is 0.272 e. The molecule has 28 heavy (non-hydrogen) atoms. The van der Waals surface area contributed by atoms with Crippen LogP contribution in [0.1, 0.15) is 62.5 Å². The molecule has 6 heteroatoms. The first-order valence-corrected chi connectivity index (χ1v) is 10.3. The van der Waals surface area contributed by atoms with E-state index in [0.29, 0.717) is 17.4 Å². The van der Waals surface area contributed by atoms with Crippen LogP contribution >= 0.6 is 0 Å². The van der Waals surface area contributed by atoms with E-state index in [4.69, 9.17) is 9.97 Å². The van der Waals surface area contributed by atoms with E-state index in [1.165, 1.54) is 18.5 Å². The van der Waals surface area contributed by atoms with Gasteiger partial charge in [0.05, 0.1) is 5.69 Å². The summed E-state index contributed by atoms with van der Waals surface area (Å²) in [6.07, 6.45) is 8.44. The number of aromatic amines is 1. The van der Waals surface area contributed by atoms with Gasteiger partial charge in [-0.2, -0.15) is 4.98 Å². The Morgan fingerprint density at radius 3 is 2.61 bits per heavy atom. The largest absolute Gasteiger partial charge is 0.316 e. The Hall–Kier alpha value is -2.89. The number of nitrogens with zero attached hydrogens (tertiary/aromatic N) is 4. The van der Waals surface area contributed by atoms with Crippen LogP contribution in [-0.2, 0) is 12.8 Å². The molecular weight excluding hydrogens is 350 g/mol. The molecule has 0 aliphatic heterocycles. The minimum absolute atomic E-state index is 0.0713. The molecule has 0 atom stereocenters. The third kappa shape index (κ3) is 2.51. The molecule has 0 spiro atoms. The van der Waals surface area contributed by atoms with E-state index in [2.05, 4.69) is 29.5 Å². The summed E-state index contributed by atoms with van der Waals surface area (Å²) in [5, 5.41) is 0. The molecule has 1 aliphatic rings. The highest BCUT2D eigenvalue weighted by Crippen LogP contribution is 2.36. The van der Waals surface area contributed by atoms with Crippen molar-refractivity contribution in [3.8, 4) is 5.95 Å². The summed E-state index contributed by atoms with van der Waals surface area (Å²) < 4.78 is 4.09. The summed E-state index contributed by atoms with van der Waals surface area (Å²) in [6, 6.07) is 8.06. The molecular formula is C22H25N5O. The van der Waals surface area contributed by atoms with Gasteiger partial charge in [-0.25, -0.2) is 4.98 Å². The fourth-order valence-electron chi connectivity index (χ4n) is 4.60. The predicted molar refractivity (Wildman–Crippen MR) is 110 cm³/mol. The van der Waals surface area contributed by atoms with Gasteiger partial charge in [0.15, 0.2) is 5.65 Å². The molecule has 0 unspecified atom stereocenters. The molecule has 1 aliphatic carbocycles. The number of hydrogen-bond donors (Lipinski definition) is 1. The molecule has 0 aromatic carbocycles. The van der Waals surface area contributed by atoms with Crippen molar-refractivity contribution in [2.75, 3.05) is 0 Å². The zero-order valence-electron chi connectivity index (χ0n) is 16.4.